The molecule has 0 saturated heterocycles. The van der Waals surface area contributed by atoms with Crippen molar-refractivity contribution in [3.8, 4) is 0 Å². The second-order valence-corrected chi connectivity index (χ2v) is 7.64. The van der Waals surface area contributed by atoms with E-state index in [1.807, 2.05) is 13.0 Å². The lowest BCUT2D eigenvalue weighted by molar-refractivity contribution is -0.176. The van der Waals surface area contributed by atoms with Crippen LogP contribution in [0.25, 0.3) is 0 Å². The molecular formula is C21H20F3N3O3S. The summed E-state index contributed by atoms with van der Waals surface area (Å²) < 4.78 is 46.1. The summed E-state index contributed by atoms with van der Waals surface area (Å²) in [6, 6.07) is 12.0. The van der Waals surface area contributed by atoms with Crippen LogP contribution in [-0.2, 0) is 23.6 Å². The number of amides is 1. The number of alkyl halides is 3. The van der Waals surface area contributed by atoms with Gasteiger partial charge >= 0.3 is 6.18 Å². The average Bonchev–Trinajstić information content (AvgIpc) is 3.16. The molecule has 0 aliphatic rings. The van der Waals surface area contributed by atoms with Crippen LogP contribution >= 0.6 is 11.8 Å². The fraction of sp³-hybridized carbons (Fsp3) is 0.286. The number of nitrogens with zero attached hydrogens (tertiary/aromatic N) is 2. The van der Waals surface area contributed by atoms with Crippen molar-refractivity contribution >= 4 is 17.7 Å². The van der Waals surface area contributed by atoms with E-state index in [0.29, 0.717) is 27.7 Å². The van der Waals surface area contributed by atoms with Crippen LogP contribution in [0.5, 0.6) is 0 Å². The molecule has 0 saturated carbocycles. The number of hydrogen-bond acceptors (Lipinski definition) is 6. The zero-order valence-corrected chi connectivity index (χ0v) is 17.4. The zero-order valence-electron chi connectivity index (χ0n) is 16.6. The van der Waals surface area contributed by atoms with Gasteiger partial charge in [0, 0.05) is 24.6 Å². The van der Waals surface area contributed by atoms with Crippen molar-refractivity contribution in [2.24, 2.45) is 0 Å². The van der Waals surface area contributed by atoms with Crippen LogP contribution in [0.1, 0.15) is 32.9 Å². The lowest BCUT2D eigenvalue weighted by Gasteiger charge is -2.10. The van der Waals surface area contributed by atoms with Crippen LogP contribution in [0.15, 0.2) is 58.2 Å². The number of ether oxygens (including phenoxy) is 1. The number of benzene rings is 1. The Morgan fingerprint density at radius 1 is 1.19 bits per heavy atom. The third-order valence-corrected chi connectivity index (χ3v) is 5.10. The molecule has 0 unspecified atom stereocenters. The van der Waals surface area contributed by atoms with Crippen molar-refractivity contribution < 1.29 is 27.2 Å². The standard InChI is InChI=1S/C21H20F3N3O3S/c1-14-9-17(27-30-14)12-31-20-18(3-2-8-25-20)19(28)26-10-15-4-6-16(7-5-15)11-29-13-21(22,23)24/h2-9H,10-13H2,1H3,(H,26,28). The van der Waals surface area contributed by atoms with Crippen LogP contribution in [0.2, 0.25) is 0 Å². The van der Waals surface area contributed by atoms with Gasteiger partial charge in [-0.15, -0.1) is 0 Å². The van der Waals surface area contributed by atoms with E-state index in [0.717, 1.165) is 11.3 Å². The van der Waals surface area contributed by atoms with Crippen LogP contribution in [0.3, 0.4) is 0 Å². The second kappa shape index (κ2) is 10.5. The van der Waals surface area contributed by atoms with Crippen molar-refractivity contribution in [3.63, 3.8) is 0 Å². The number of rotatable bonds is 9. The molecule has 0 bridgehead atoms. The van der Waals surface area contributed by atoms with Crippen LogP contribution in [-0.4, -0.2) is 28.8 Å². The largest absolute Gasteiger partial charge is 0.411 e. The van der Waals surface area contributed by atoms with E-state index in [9.17, 15) is 18.0 Å². The van der Waals surface area contributed by atoms with Crippen molar-refractivity contribution in [2.75, 3.05) is 6.61 Å². The summed E-state index contributed by atoms with van der Waals surface area (Å²) in [6.45, 7) is 0.660. The third-order valence-electron chi connectivity index (χ3n) is 4.06. The first kappa shape index (κ1) is 22.8. The lowest BCUT2D eigenvalue weighted by Crippen LogP contribution is -2.23. The first-order valence-corrected chi connectivity index (χ1v) is 10.3. The van der Waals surface area contributed by atoms with Gasteiger partial charge in [0.2, 0.25) is 0 Å². The Bertz CT molecular complexity index is 1010. The summed E-state index contributed by atoms with van der Waals surface area (Å²) >= 11 is 1.39. The highest BCUT2D eigenvalue weighted by Crippen LogP contribution is 2.24. The number of aromatic nitrogens is 2. The summed E-state index contributed by atoms with van der Waals surface area (Å²) in [4.78, 5) is 16.9. The Morgan fingerprint density at radius 3 is 2.61 bits per heavy atom. The summed E-state index contributed by atoms with van der Waals surface area (Å²) in [6.07, 6.45) is -2.73. The second-order valence-electron chi connectivity index (χ2n) is 6.68. The maximum atomic E-state index is 12.6. The summed E-state index contributed by atoms with van der Waals surface area (Å²) in [5.74, 6) is 0.962. The van der Waals surface area contributed by atoms with E-state index in [4.69, 9.17) is 4.52 Å². The molecule has 3 aromatic rings. The van der Waals surface area contributed by atoms with Gasteiger partial charge in [-0.05, 0) is 30.2 Å². The van der Waals surface area contributed by atoms with E-state index >= 15 is 0 Å². The predicted molar refractivity (Wildman–Crippen MR) is 108 cm³/mol. The molecule has 10 heteroatoms. The topological polar surface area (TPSA) is 77.2 Å². The molecule has 0 fully saturated rings. The number of halogens is 3. The van der Waals surface area contributed by atoms with E-state index in [1.54, 1.807) is 42.6 Å². The molecule has 0 spiro atoms. The predicted octanol–water partition coefficient (Wildman–Crippen LogP) is 4.68. The number of nitrogens with one attached hydrogen (secondary N) is 1. The number of hydrogen-bond donors (Lipinski definition) is 1. The molecule has 0 aliphatic carbocycles. The van der Waals surface area contributed by atoms with E-state index < -0.39 is 12.8 Å². The number of pyridine rings is 1. The smallest absolute Gasteiger partial charge is 0.367 e. The van der Waals surface area contributed by atoms with Gasteiger partial charge in [0.1, 0.15) is 17.4 Å². The lowest BCUT2D eigenvalue weighted by atomic mass is 10.1. The maximum absolute atomic E-state index is 12.6. The Morgan fingerprint density at radius 2 is 1.94 bits per heavy atom. The maximum Gasteiger partial charge on any atom is 0.411 e. The van der Waals surface area contributed by atoms with Crippen molar-refractivity contribution in [1.82, 2.24) is 15.5 Å². The average molecular weight is 451 g/mol. The minimum absolute atomic E-state index is 0.131. The van der Waals surface area contributed by atoms with E-state index in [1.165, 1.54) is 11.8 Å². The number of aryl methyl sites for hydroxylation is 1. The molecule has 2 heterocycles. The van der Waals surface area contributed by atoms with E-state index in [2.05, 4.69) is 20.2 Å². The molecule has 1 aromatic carbocycles. The van der Waals surface area contributed by atoms with Gasteiger partial charge in [0.05, 0.1) is 17.9 Å². The Hall–Kier alpha value is -2.85. The molecule has 1 N–H and O–H groups in total. The first-order valence-electron chi connectivity index (χ1n) is 9.31. The molecule has 2 aromatic heterocycles. The Balaban J connectivity index is 1.52. The zero-order chi connectivity index (χ0) is 22.3. The quantitative estimate of drug-likeness (QED) is 0.476. The molecule has 6 nitrogen and oxygen atoms in total. The molecule has 3 rings (SSSR count). The molecular weight excluding hydrogens is 431 g/mol. The first-order chi connectivity index (χ1) is 14.8. The summed E-state index contributed by atoms with van der Waals surface area (Å²) in [5, 5.41) is 7.35. The number of carbonyl (C=O) groups excluding carboxylic acids is 1. The van der Waals surface area contributed by atoms with Crippen LogP contribution < -0.4 is 5.32 Å². The van der Waals surface area contributed by atoms with Crippen molar-refractivity contribution in [3.05, 3.63) is 76.8 Å². The normalized spacial score (nSPS) is 11.5. The molecule has 0 atom stereocenters. The van der Waals surface area contributed by atoms with Gasteiger partial charge in [-0.25, -0.2) is 4.98 Å². The van der Waals surface area contributed by atoms with Gasteiger partial charge in [-0.1, -0.05) is 41.2 Å². The highest BCUT2D eigenvalue weighted by atomic mass is 32.2. The summed E-state index contributed by atoms with van der Waals surface area (Å²) in [7, 11) is 0. The van der Waals surface area contributed by atoms with Gasteiger partial charge < -0.3 is 14.6 Å². The van der Waals surface area contributed by atoms with Crippen molar-refractivity contribution in [2.45, 2.75) is 37.0 Å². The highest BCUT2D eigenvalue weighted by molar-refractivity contribution is 7.98. The fourth-order valence-corrected chi connectivity index (χ4v) is 3.49. The third kappa shape index (κ3) is 7.41. The Kier molecular flexibility index (Phi) is 7.69. The van der Waals surface area contributed by atoms with Gasteiger partial charge in [-0.3, -0.25) is 4.79 Å². The fourth-order valence-electron chi connectivity index (χ4n) is 2.62. The minimum Gasteiger partial charge on any atom is -0.367 e. The Labute approximate surface area is 181 Å². The van der Waals surface area contributed by atoms with Gasteiger partial charge in [0.25, 0.3) is 5.91 Å². The van der Waals surface area contributed by atoms with Gasteiger partial charge in [-0.2, -0.15) is 13.2 Å². The SMILES string of the molecule is Cc1cc(CSc2ncccc2C(=O)NCc2ccc(COCC(F)(F)F)cc2)no1. The molecule has 164 valence electrons. The number of carbonyl (C=O) groups is 1. The highest BCUT2D eigenvalue weighted by Gasteiger charge is 2.27. The van der Waals surface area contributed by atoms with Crippen LogP contribution in [0, 0.1) is 6.92 Å². The van der Waals surface area contributed by atoms with E-state index in [-0.39, 0.29) is 19.1 Å². The molecule has 1 amide bonds. The molecule has 0 aliphatic heterocycles. The minimum atomic E-state index is -4.35. The van der Waals surface area contributed by atoms with Gasteiger partial charge in [0.15, 0.2) is 0 Å². The summed E-state index contributed by atoms with van der Waals surface area (Å²) in [5.41, 5.74) is 2.64. The van der Waals surface area contributed by atoms with Crippen LogP contribution in [0.4, 0.5) is 13.2 Å². The van der Waals surface area contributed by atoms with Crippen molar-refractivity contribution in [1.29, 1.82) is 0 Å². The molecule has 31 heavy (non-hydrogen) atoms. The molecule has 0 radical (unpaired) electrons. The number of thioether (sulfide) groups is 1. The monoisotopic (exact) mass is 451 g/mol.